The van der Waals surface area contributed by atoms with Gasteiger partial charge in [0.2, 0.25) is 0 Å². The number of nitrogens with zero attached hydrogens (tertiary/aromatic N) is 6. The molecule has 0 aromatic carbocycles. The van der Waals surface area contributed by atoms with E-state index in [2.05, 4.69) is 45.2 Å². The van der Waals surface area contributed by atoms with Crippen molar-refractivity contribution in [3.05, 3.63) is 36.7 Å². The highest BCUT2D eigenvalue weighted by Crippen LogP contribution is 2.20. The fourth-order valence-corrected chi connectivity index (χ4v) is 3.27. The molecule has 2 amide bonds. The van der Waals surface area contributed by atoms with E-state index in [0.29, 0.717) is 19.0 Å². The lowest BCUT2D eigenvalue weighted by molar-refractivity contribution is 0.187. The van der Waals surface area contributed by atoms with Crippen LogP contribution < -0.4 is 10.2 Å². The van der Waals surface area contributed by atoms with Crippen LogP contribution in [0.5, 0.6) is 0 Å². The maximum atomic E-state index is 12.8. The van der Waals surface area contributed by atoms with Gasteiger partial charge in [-0.2, -0.15) is 5.10 Å². The van der Waals surface area contributed by atoms with E-state index >= 15 is 0 Å². The molecule has 2 aromatic heterocycles. The van der Waals surface area contributed by atoms with Gasteiger partial charge < -0.3 is 15.1 Å². The smallest absolute Gasteiger partial charge is 0.318 e. The molecule has 0 spiro atoms. The second-order valence-corrected chi connectivity index (χ2v) is 7.06. The molecule has 8 heteroatoms. The molecule has 26 heavy (non-hydrogen) atoms. The van der Waals surface area contributed by atoms with Crippen molar-refractivity contribution >= 4 is 11.7 Å². The fourth-order valence-electron chi connectivity index (χ4n) is 3.27. The molecule has 140 valence electrons. The number of aryl methyl sites for hydroxylation is 1. The number of nitrogens with one attached hydrogen (secondary N) is 1. The fraction of sp³-hybridized carbons (Fsp3) is 0.556. The molecular formula is C18H27N7O. The van der Waals surface area contributed by atoms with Gasteiger partial charge in [-0.05, 0) is 24.5 Å². The van der Waals surface area contributed by atoms with Crippen LogP contribution in [0.2, 0.25) is 0 Å². The first kappa shape index (κ1) is 18.2. The highest BCUT2D eigenvalue weighted by molar-refractivity contribution is 5.75. The van der Waals surface area contributed by atoms with E-state index in [1.54, 1.807) is 10.9 Å². The third-order valence-electron chi connectivity index (χ3n) is 4.64. The Hall–Kier alpha value is -2.64. The summed E-state index contributed by atoms with van der Waals surface area (Å²) in [5.41, 5.74) is 1.10. The number of aromatic nitrogens is 4. The van der Waals surface area contributed by atoms with Crippen molar-refractivity contribution in [2.45, 2.75) is 26.3 Å². The molecule has 0 bridgehead atoms. The zero-order chi connectivity index (χ0) is 18.5. The molecule has 1 atom stereocenters. The third kappa shape index (κ3) is 4.30. The highest BCUT2D eigenvalue weighted by Gasteiger charge is 2.26. The Labute approximate surface area is 154 Å². The normalized spacial score (nSPS) is 16.0. The average Bonchev–Trinajstić information content (AvgIpc) is 3.07. The number of rotatable bonds is 5. The van der Waals surface area contributed by atoms with Crippen molar-refractivity contribution in [1.29, 1.82) is 0 Å². The minimum atomic E-state index is -0.133. The SMILES string of the molecule is CC(C)C[C@H](NC(=O)N1CCN(c2cccnc2)CC1)c1ncnn1C. The van der Waals surface area contributed by atoms with Crippen molar-refractivity contribution in [2.75, 3.05) is 31.1 Å². The maximum Gasteiger partial charge on any atom is 0.318 e. The molecule has 3 heterocycles. The summed E-state index contributed by atoms with van der Waals surface area (Å²) in [7, 11) is 1.86. The van der Waals surface area contributed by atoms with E-state index < -0.39 is 0 Å². The van der Waals surface area contributed by atoms with Gasteiger partial charge in [-0.25, -0.2) is 9.78 Å². The summed E-state index contributed by atoms with van der Waals surface area (Å²) in [6.45, 7) is 7.27. The Morgan fingerprint density at radius 2 is 2.04 bits per heavy atom. The van der Waals surface area contributed by atoms with Crippen molar-refractivity contribution in [1.82, 2.24) is 30.0 Å². The van der Waals surface area contributed by atoms with Gasteiger partial charge in [0.05, 0.1) is 17.9 Å². The van der Waals surface area contributed by atoms with Crippen molar-refractivity contribution in [3.63, 3.8) is 0 Å². The van der Waals surface area contributed by atoms with Gasteiger partial charge in [-0.1, -0.05) is 13.8 Å². The number of carbonyl (C=O) groups is 1. The first-order valence-electron chi connectivity index (χ1n) is 9.09. The van der Waals surface area contributed by atoms with E-state index in [9.17, 15) is 4.79 Å². The molecule has 3 rings (SSSR count). The molecule has 0 radical (unpaired) electrons. The number of piperazine rings is 1. The highest BCUT2D eigenvalue weighted by atomic mass is 16.2. The van der Waals surface area contributed by atoms with Crippen LogP contribution in [-0.4, -0.2) is 56.9 Å². The summed E-state index contributed by atoms with van der Waals surface area (Å²) in [5, 5.41) is 7.28. The number of hydrogen-bond donors (Lipinski definition) is 1. The summed E-state index contributed by atoms with van der Waals surface area (Å²) < 4.78 is 1.73. The lowest BCUT2D eigenvalue weighted by Gasteiger charge is -2.36. The largest absolute Gasteiger partial charge is 0.367 e. The second-order valence-electron chi connectivity index (χ2n) is 7.06. The van der Waals surface area contributed by atoms with Crippen LogP contribution in [0.25, 0.3) is 0 Å². The minimum Gasteiger partial charge on any atom is -0.367 e. The Morgan fingerprint density at radius 1 is 1.27 bits per heavy atom. The van der Waals surface area contributed by atoms with Crippen LogP contribution in [0, 0.1) is 5.92 Å². The molecule has 0 aliphatic carbocycles. The molecular weight excluding hydrogens is 330 g/mol. The Kier molecular flexibility index (Phi) is 5.70. The third-order valence-corrected chi connectivity index (χ3v) is 4.64. The molecule has 1 saturated heterocycles. The van der Waals surface area contributed by atoms with Gasteiger partial charge in [-0.15, -0.1) is 0 Å². The average molecular weight is 357 g/mol. The summed E-state index contributed by atoms with van der Waals surface area (Å²) in [6.07, 6.45) is 5.99. The molecule has 1 aliphatic heterocycles. The summed E-state index contributed by atoms with van der Waals surface area (Å²) in [4.78, 5) is 25.4. The molecule has 2 aromatic rings. The van der Waals surface area contributed by atoms with Crippen molar-refractivity contribution < 1.29 is 4.79 Å². The van der Waals surface area contributed by atoms with Crippen molar-refractivity contribution in [3.8, 4) is 0 Å². The molecule has 0 unspecified atom stereocenters. The maximum absolute atomic E-state index is 12.8. The standard InChI is InChI=1S/C18H27N7O/c1-14(2)11-16(17-20-13-21-23(17)3)22-18(26)25-9-7-24(8-10-25)15-5-4-6-19-12-15/h4-6,12-14,16H,7-11H2,1-3H3,(H,22,26)/t16-/m0/s1. The van der Waals surface area contributed by atoms with Crippen LogP contribution in [0.3, 0.4) is 0 Å². The van der Waals surface area contributed by atoms with Crippen LogP contribution in [0.4, 0.5) is 10.5 Å². The van der Waals surface area contributed by atoms with Crippen molar-refractivity contribution in [2.24, 2.45) is 13.0 Å². The summed E-state index contributed by atoms with van der Waals surface area (Å²) in [6, 6.07) is 3.82. The van der Waals surface area contributed by atoms with E-state index in [-0.39, 0.29) is 12.1 Å². The first-order chi connectivity index (χ1) is 12.5. The van der Waals surface area contributed by atoms with Crippen LogP contribution in [-0.2, 0) is 7.05 Å². The zero-order valence-electron chi connectivity index (χ0n) is 15.7. The second kappa shape index (κ2) is 8.16. The van der Waals surface area contributed by atoms with E-state index in [1.165, 1.54) is 6.33 Å². The van der Waals surface area contributed by atoms with Gasteiger partial charge in [-0.3, -0.25) is 9.67 Å². The predicted molar refractivity (Wildman–Crippen MR) is 99.8 cm³/mol. The lowest BCUT2D eigenvalue weighted by Crippen LogP contribution is -2.52. The zero-order valence-corrected chi connectivity index (χ0v) is 15.7. The van der Waals surface area contributed by atoms with E-state index in [4.69, 9.17) is 0 Å². The molecule has 8 nitrogen and oxygen atoms in total. The lowest BCUT2D eigenvalue weighted by atomic mass is 10.0. The van der Waals surface area contributed by atoms with Crippen LogP contribution in [0.1, 0.15) is 32.1 Å². The number of amides is 2. The summed E-state index contributed by atoms with van der Waals surface area (Å²) >= 11 is 0. The van der Waals surface area contributed by atoms with Gasteiger partial charge in [0.1, 0.15) is 12.2 Å². The molecule has 0 saturated carbocycles. The Morgan fingerprint density at radius 3 is 2.62 bits per heavy atom. The number of anilines is 1. The van der Waals surface area contributed by atoms with E-state index in [0.717, 1.165) is 31.0 Å². The molecule has 1 N–H and O–H groups in total. The predicted octanol–water partition coefficient (Wildman–Crippen LogP) is 1.83. The number of pyridine rings is 1. The number of urea groups is 1. The Balaban J connectivity index is 1.59. The number of carbonyl (C=O) groups excluding carboxylic acids is 1. The van der Waals surface area contributed by atoms with E-state index in [1.807, 2.05) is 24.2 Å². The first-order valence-corrected chi connectivity index (χ1v) is 9.09. The monoisotopic (exact) mass is 357 g/mol. The van der Waals surface area contributed by atoms with Crippen LogP contribution >= 0.6 is 0 Å². The van der Waals surface area contributed by atoms with Gasteiger partial charge >= 0.3 is 6.03 Å². The molecule has 1 aliphatic rings. The molecule has 1 fully saturated rings. The quantitative estimate of drug-likeness (QED) is 0.883. The number of hydrogen-bond acceptors (Lipinski definition) is 5. The van der Waals surface area contributed by atoms with Crippen LogP contribution in [0.15, 0.2) is 30.9 Å². The topological polar surface area (TPSA) is 79.2 Å². The van der Waals surface area contributed by atoms with Gasteiger partial charge in [0.15, 0.2) is 0 Å². The van der Waals surface area contributed by atoms with Gasteiger partial charge in [0, 0.05) is 39.4 Å². The Bertz CT molecular complexity index is 707. The minimum absolute atomic E-state index is 0.0375. The van der Waals surface area contributed by atoms with Gasteiger partial charge in [0.25, 0.3) is 0 Å². The summed E-state index contributed by atoms with van der Waals surface area (Å²) in [5.74, 6) is 1.24.